The summed E-state index contributed by atoms with van der Waals surface area (Å²) in [6, 6.07) is 5.35. The maximum Gasteiger partial charge on any atom is 0.321 e. The Balaban J connectivity index is 1.86. The molecule has 2 amide bonds. The van der Waals surface area contributed by atoms with Gasteiger partial charge in [0.15, 0.2) is 0 Å². The smallest absolute Gasteiger partial charge is 0.321 e. The minimum absolute atomic E-state index is 0.119. The van der Waals surface area contributed by atoms with E-state index >= 15 is 0 Å². The van der Waals surface area contributed by atoms with Crippen molar-refractivity contribution < 1.29 is 27.9 Å². The third-order valence-electron chi connectivity index (χ3n) is 4.16. The highest BCUT2D eigenvalue weighted by atomic mass is 32.2. The number of sulfonamides is 1. The van der Waals surface area contributed by atoms with Gasteiger partial charge in [0.2, 0.25) is 10.0 Å². The zero-order valence-electron chi connectivity index (χ0n) is 14.6. The van der Waals surface area contributed by atoms with Gasteiger partial charge in [-0.15, -0.1) is 0 Å². The van der Waals surface area contributed by atoms with Crippen LogP contribution < -0.4 is 4.72 Å². The average molecular weight is 382 g/mol. The number of carbonyl (C=O) groups excluding carboxylic acids is 2. The molecule has 2 N–H and O–H groups in total. The Labute approximate surface area is 152 Å². The number of hydrogen-bond donors (Lipinski definition) is 2. The monoisotopic (exact) mass is 382 g/mol. The maximum absolute atomic E-state index is 12.2. The van der Waals surface area contributed by atoms with Crippen LogP contribution in [-0.4, -0.2) is 54.5 Å². The van der Waals surface area contributed by atoms with Gasteiger partial charge in [-0.2, -0.15) is 0 Å². The Morgan fingerprint density at radius 3 is 2.12 bits per heavy atom. The number of imide groups is 1. The van der Waals surface area contributed by atoms with E-state index in [1.165, 1.54) is 0 Å². The van der Waals surface area contributed by atoms with Gasteiger partial charge >= 0.3 is 5.97 Å². The summed E-state index contributed by atoms with van der Waals surface area (Å²) in [7, 11) is -3.77. The van der Waals surface area contributed by atoms with Crippen molar-refractivity contribution in [1.29, 1.82) is 0 Å². The number of amides is 2. The second kappa shape index (κ2) is 7.96. The lowest BCUT2D eigenvalue weighted by molar-refractivity contribution is -0.140. The number of benzene rings is 1. The van der Waals surface area contributed by atoms with Crippen LogP contribution in [0.1, 0.15) is 47.4 Å². The van der Waals surface area contributed by atoms with Crippen LogP contribution in [0.5, 0.6) is 0 Å². The summed E-state index contributed by atoms with van der Waals surface area (Å²) >= 11 is 0. The number of hydrogen-bond acceptors (Lipinski definition) is 5. The zero-order valence-corrected chi connectivity index (χ0v) is 15.5. The lowest BCUT2D eigenvalue weighted by atomic mass is 10.1. The van der Waals surface area contributed by atoms with Gasteiger partial charge in [0.25, 0.3) is 11.8 Å². The molecule has 1 aromatic carbocycles. The molecule has 0 aliphatic carbocycles. The Morgan fingerprint density at radius 2 is 1.65 bits per heavy atom. The summed E-state index contributed by atoms with van der Waals surface area (Å²) in [5, 5.41) is 9.06. The molecule has 1 atom stereocenters. The standard InChI is InChI=1S/C17H22N2O6S/c1-11(2)14(17(22)23)18-26(24,25)10-6-5-9-19-15(20)12-7-3-4-8-13(12)16(19)21/h3-4,7-8,11,14,18H,5-6,9-10H2,1-2H3,(H,22,23). The normalized spacial score (nSPS) is 15.4. The van der Waals surface area contributed by atoms with Crippen molar-refractivity contribution in [3.8, 4) is 0 Å². The van der Waals surface area contributed by atoms with Gasteiger partial charge in [-0.05, 0) is 30.9 Å². The first kappa shape index (κ1) is 20.1. The Morgan fingerprint density at radius 1 is 1.12 bits per heavy atom. The molecule has 0 fully saturated rings. The van der Waals surface area contributed by atoms with Crippen molar-refractivity contribution in [1.82, 2.24) is 9.62 Å². The third kappa shape index (κ3) is 4.47. The molecule has 0 radical (unpaired) electrons. The first-order valence-electron chi connectivity index (χ1n) is 8.32. The number of fused-ring (bicyclic) bond motifs is 1. The van der Waals surface area contributed by atoms with Crippen LogP contribution in [0.15, 0.2) is 24.3 Å². The van der Waals surface area contributed by atoms with Gasteiger partial charge < -0.3 is 5.11 Å². The second-order valence-corrected chi connectivity index (χ2v) is 8.38. The summed E-state index contributed by atoms with van der Waals surface area (Å²) in [6.45, 7) is 3.35. The van der Waals surface area contributed by atoms with Crippen molar-refractivity contribution in [3.05, 3.63) is 35.4 Å². The number of unbranched alkanes of at least 4 members (excludes halogenated alkanes) is 1. The zero-order chi connectivity index (χ0) is 19.5. The van der Waals surface area contributed by atoms with Crippen molar-refractivity contribution >= 4 is 27.8 Å². The van der Waals surface area contributed by atoms with Gasteiger partial charge in [0.1, 0.15) is 6.04 Å². The Kier molecular flexibility index (Phi) is 6.14. The molecular weight excluding hydrogens is 360 g/mol. The lowest BCUT2D eigenvalue weighted by Gasteiger charge is -2.18. The minimum atomic E-state index is -3.77. The van der Waals surface area contributed by atoms with Gasteiger partial charge in [-0.3, -0.25) is 19.3 Å². The number of nitrogens with one attached hydrogen (secondary N) is 1. The van der Waals surface area contributed by atoms with Gasteiger partial charge in [-0.25, -0.2) is 13.1 Å². The molecule has 0 spiro atoms. The topological polar surface area (TPSA) is 121 Å². The molecule has 0 aromatic heterocycles. The van der Waals surface area contributed by atoms with E-state index in [1.807, 2.05) is 0 Å². The fourth-order valence-electron chi connectivity index (χ4n) is 2.73. The number of aliphatic carboxylic acids is 1. The molecular formula is C17H22N2O6S. The SMILES string of the molecule is CC(C)C(NS(=O)(=O)CCCCN1C(=O)c2ccccc2C1=O)C(=O)O. The lowest BCUT2D eigenvalue weighted by Crippen LogP contribution is -2.45. The van der Waals surface area contributed by atoms with Crippen molar-refractivity contribution in [2.45, 2.75) is 32.7 Å². The van der Waals surface area contributed by atoms with Gasteiger partial charge in [0, 0.05) is 6.54 Å². The molecule has 2 rings (SSSR count). The molecule has 26 heavy (non-hydrogen) atoms. The average Bonchev–Trinajstić information content (AvgIpc) is 2.81. The van der Waals surface area contributed by atoms with E-state index in [9.17, 15) is 22.8 Å². The van der Waals surface area contributed by atoms with Crippen LogP contribution in [0.3, 0.4) is 0 Å². The number of rotatable bonds is 9. The number of carboxylic acid groups (broad SMARTS) is 1. The largest absolute Gasteiger partial charge is 0.480 e. The summed E-state index contributed by atoms with van der Waals surface area (Å²) in [6.07, 6.45) is 0.513. The Bertz CT molecular complexity index is 783. The van der Waals surface area contributed by atoms with Crippen molar-refractivity contribution in [2.24, 2.45) is 5.92 Å². The van der Waals surface area contributed by atoms with E-state index < -0.39 is 22.0 Å². The van der Waals surface area contributed by atoms with E-state index in [2.05, 4.69) is 4.72 Å². The number of carbonyl (C=O) groups is 3. The molecule has 1 aromatic rings. The predicted molar refractivity (Wildman–Crippen MR) is 94.2 cm³/mol. The molecule has 1 aliphatic heterocycles. The van der Waals surface area contributed by atoms with Crippen LogP contribution in [0.4, 0.5) is 0 Å². The number of carboxylic acids is 1. The van der Waals surface area contributed by atoms with E-state index in [0.717, 1.165) is 4.90 Å². The molecule has 0 saturated carbocycles. The fraction of sp³-hybridized carbons (Fsp3) is 0.471. The summed E-state index contributed by atoms with van der Waals surface area (Å²) < 4.78 is 26.2. The Hall–Kier alpha value is -2.26. The van der Waals surface area contributed by atoms with E-state index in [0.29, 0.717) is 17.5 Å². The number of nitrogens with zero attached hydrogens (tertiary/aromatic N) is 1. The molecule has 0 saturated heterocycles. The molecule has 8 nitrogen and oxygen atoms in total. The van der Waals surface area contributed by atoms with Crippen LogP contribution in [0.25, 0.3) is 0 Å². The first-order chi connectivity index (χ1) is 12.1. The minimum Gasteiger partial charge on any atom is -0.480 e. The van der Waals surface area contributed by atoms with Crippen LogP contribution in [-0.2, 0) is 14.8 Å². The highest BCUT2D eigenvalue weighted by Crippen LogP contribution is 2.22. The van der Waals surface area contributed by atoms with Crippen molar-refractivity contribution in [3.63, 3.8) is 0 Å². The van der Waals surface area contributed by atoms with Crippen LogP contribution in [0, 0.1) is 5.92 Å². The molecule has 1 heterocycles. The highest BCUT2D eigenvalue weighted by Gasteiger charge is 2.34. The summed E-state index contributed by atoms with van der Waals surface area (Å²) in [5.74, 6) is -2.64. The molecule has 0 bridgehead atoms. The van der Waals surface area contributed by atoms with Crippen LogP contribution >= 0.6 is 0 Å². The molecule has 9 heteroatoms. The van der Waals surface area contributed by atoms with Gasteiger partial charge in [-0.1, -0.05) is 26.0 Å². The first-order valence-corrected chi connectivity index (χ1v) is 9.97. The van der Waals surface area contributed by atoms with Crippen molar-refractivity contribution in [2.75, 3.05) is 12.3 Å². The molecule has 142 valence electrons. The maximum atomic E-state index is 12.2. The van der Waals surface area contributed by atoms with E-state index in [4.69, 9.17) is 5.11 Å². The second-order valence-electron chi connectivity index (χ2n) is 6.51. The molecule has 1 unspecified atom stereocenters. The van der Waals surface area contributed by atoms with E-state index in [1.54, 1.807) is 38.1 Å². The molecule has 1 aliphatic rings. The van der Waals surface area contributed by atoms with Gasteiger partial charge in [0.05, 0.1) is 16.9 Å². The quantitative estimate of drug-likeness (QED) is 0.487. The predicted octanol–water partition coefficient (Wildman–Crippen LogP) is 1.09. The fourth-order valence-corrected chi connectivity index (χ4v) is 4.19. The van der Waals surface area contributed by atoms with Crippen LogP contribution in [0.2, 0.25) is 0 Å². The summed E-state index contributed by atoms with van der Waals surface area (Å²) in [4.78, 5) is 36.6. The third-order valence-corrected chi connectivity index (χ3v) is 5.60. The highest BCUT2D eigenvalue weighted by molar-refractivity contribution is 7.89. The van der Waals surface area contributed by atoms with E-state index in [-0.39, 0.29) is 36.5 Å². The summed E-state index contributed by atoms with van der Waals surface area (Å²) in [5.41, 5.74) is 0.709.